The normalized spacial score (nSPS) is 16.8. The number of carbonyl (C=O) groups is 2. The minimum atomic E-state index is -3.36. The van der Waals surface area contributed by atoms with Gasteiger partial charge in [-0.2, -0.15) is 0 Å². The van der Waals surface area contributed by atoms with Crippen molar-refractivity contribution >= 4 is 38.1 Å². The average Bonchev–Trinajstić information content (AvgIpc) is 2.78. The van der Waals surface area contributed by atoms with Crippen LogP contribution in [0.25, 0.3) is 10.8 Å². The standard InChI is InChI=1S/C24H24N2O4S/c1-31(29,30)20-11-5-10-19(15-20)25-23(27)18-9-6-14-26(16-18)24(28)22-13-4-8-17-7-2-3-12-21(17)22/h2-5,7-8,10-13,15,18H,6,9,14,16H2,1H3,(H,25,27). The molecule has 1 N–H and O–H groups in total. The first-order chi connectivity index (χ1) is 14.8. The number of likely N-dealkylation sites (tertiary alicyclic amines) is 1. The molecule has 0 bridgehead atoms. The summed E-state index contributed by atoms with van der Waals surface area (Å²) in [6.45, 7) is 0.940. The van der Waals surface area contributed by atoms with Gasteiger partial charge >= 0.3 is 0 Å². The monoisotopic (exact) mass is 436 g/mol. The molecule has 0 aromatic heterocycles. The van der Waals surface area contributed by atoms with E-state index in [4.69, 9.17) is 0 Å². The highest BCUT2D eigenvalue weighted by molar-refractivity contribution is 7.90. The summed E-state index contributed by atoms with van der Waals surface area (Å²) in [5, 5.41) is 4.72. The zero-order valence-electron chi connectivity index (χ0n) is 17.2. The van der Waals surface area contributed by atoms with Gasteiger partial charge in [0.25, 0.3) is 5.91 Å². The molecular formula is C24H24N2O4S. The van der Waals surface area contributed by atoms with Crippen LogP contribution in [0.1, 0.15) is 23.2 Å². The summed E-state index contributed by atoms with van der Waals surface area (Å²) in [6.07, 6.45) is 2.54. The molecule has 3 aromatic rings. The lowest BCUT2D eigenvalue weighted by molar-refractivity contribution is -0.121. The van der Waals surface area contributed by atoms with E-state index in [1.54, 1.807) is 17.0 Å². The van der Waals surface area contributed by atoms with Gasteiger partial charge < -0.3 is 10.2 Å². The number of benzene rings is 3. The summed E-state index contributed by atoms with van der Waals surface area (Å²) in [5.74, 6) is -0.635. The number of carbonyl (C=O) groups excluding carboxylic acids is 2. The van der Waals surface area contributed by atoms with Gasteiger partial charge in [0.2, 0.25) is 5.91 Å². The predicted octanol–water partition coefficient (Wildman–Crippen LogP) is 3.73. The number of rotatable bonds is 4. The predicted molar refractivity (Wildman–Crippen MR) is 121 cm³/mol. The van der Waals surface area contributed by atoms with Crippen molar-refractivity contribution in [2.24, 2.45) is 5.92 Å². The molecule has 1 aliphatic rings. The number of hydrogen-bond donors (Lipinski definition) is 1. The number of fused-ring (bicyclic) bond motifs is 1. The topological polar surface area (TPSA) is 83.6 Å². The van der Waals surface area contributed by atoms with E-state index < -0.39 is 9.84 Å². The Balaban J connectivity index is 1.49. The fraction of sp³-hybridized carbons (Fsp3) is 0.250. The number of piperidine rings is 1. The van der Waals surface area contributed by atoms with E-state index in [9.17, 15) is 18.0 Å². The number of nitrogens with zero attached hydrogens (tertiary/aromatic N) is 1. The molecule has 3 aromatic carbocycles. The summed E-state index contributed by atoms with van der Waals surface area (Å²) in [4.78, 5) is 28.0. The molecule has 0 aliphatic carbocycles. The van der Waals surface area contributed by atoms with Crippen molar-refractivity contribution in [1.82, 2.24) is 4.90 Å². The second-order valence-electron chi connectivity index (χ2n) is 7.91. The van der Waals surface area contributed by atoms with Crippen molar-refractivity contribution in [2.75, 3.05) is 24.7 Å². The summed E-state index contributed by atoms with van der Waals surface area (Å²) >= 11 is 0. The molecule has 1 fully saturated rings. The van der Waals surface area contributed by atoms with Crippen LogP contribution in [-0.2, 0) is 14.6 Å². The molecule has 0 radical (unpaired) electrons. The van der Waals surface area contributed by atoms with Gasteiger partial charge in [0, 0.05) is 30.6 Å². The molecular weight excluding hydrogens is 412 g/mol. The number of amides is 2. The van der Waals surface area contributed by atoms with Crippen molar-refractivity contribution in [3.8, 4) is 0 Å². The molecule has 1 heterocycles. The Labute approximate surface area is 181 Å². The lowest BCUT2D eigenvalue weighted by Crippen LogP contribution is -2.43. The van der Waals surface area contributed by atoms with Crippen molar-refractivity contribution in [2.45, 2.75) is 17.7 Å². The maximum atomic E-state index is 13.2. The third-order valence-corrected chi connectivity index (χ3v) is 6.74. The van der Waals surface area contributed by atoms with Crippen molar-refractivity contribution in [1.29, 1.82) is 0 Å². The molecule has 1 atom stereocenters. The maximum Gasteiger partial charge on any atom is 0.254 e. The third-order valence-electron chi connectivity index (χ3n) is 5.63. The molecule has 160 valence electrons. The van der Waals surface area contributed by atoms with E-state index in [-0.39, 0.29) is 22.6 Å². The minimum absolute atomic E-state index is 0.0756. The maximum absolute atomic E-state index is 13.2. The Hall–Kier alpha value is -3.19. The molecule has 0 spiro atoms. The molecule has 4 rings (SSSR count). The Morgan fingerprint density at radius 2 is 1.74 bits per heavy atom. The van der Waals surface area contributed by atoms with Crippen LogP contribution in [0.4, 0.5) is 5.69 Å². The fourth-order valence-corrected chi connectivity index (χ4v) is 4.67. The highest BCUT2D eigenvalue weighted by Crippen LogP contribution is 2.25. The van der Waals surface area contributed by atoms with Crippen LogP contribution >= 0.6 is 0 Å². The highest BCUT2D eigenvalue weighted by Gasteiger charge is 2.29. The summed E-state index contributed by atoms with van der Waals surface area (Å²) in [5.41, 5.74) is 1.07. The average molecular weight is 437 g/mol. The molecule has 7 heteroatoms. The van der Waals surface area contributed by atoms with Crippen molar-refractivity contribution < 1.29 is 18.0 Å². The van der Waals surface area contributed by atoms with Crippen molar-refractivity contribution in [3.05, 3.63) is 72.3 Å². The summed E-state index contributed by atoms with van der Waals surface area (Å²) < 4.78 is 23.5. The summed E-state index contributed by atoms with van der Waals surface area (Å²) in [6, 6.07) is 19.6. The van der Waals surface area contributed by atoms with E-state index in [0.29, 0.717) is 30.8 Å². The van der Waals surface area contributed by atoms with E-state index >= 15 is 0 Å². The quantitative estimate of drug-likeness (QED) is 0.675. The first-order valence-corrected chi connectivity index (χ1v) is 12.1. The Bertz CT molecular complexity index is 1250. The molecule has 2 amide bonds. The second kappa shape index (κ2) is 8.51. The second-order valence-corrected chi connectivity index (χ2v) is 9.92. The minimum Gasteiger partial charge on any atom is -0.338 e. The number of nitrogens with one attached hydrogen (secondary N) is 1. The zero-order chi connectivity index (χ0) is 22.0. The van der Waals surface area contributed by atoms with Crippen LogP contribution < -0.4 is 5.32 Å². The molecule has 31 heavy (non-hydrogen) atoms. The van der Waals surface area contributed by atoms with Crippen LogP contribution in [0.5, 0.6) is 0 Å². The van der Waals surface area contributed by atoms with Crippen LogP contribution in [-0.4, -0.2) is 44.5 Å². The fourth-order valence-electron chi connectivity index (χ4n) is 4.01. The van der Waals surface area contributed by atoms with Gasteiger partial charge in [-0.05, 0) is 47.9 Å². The van der Waals surface area contributed by atoms with Crippen LogP contribution in [0, 0.1) is 5.92 Å². The van der Waals surface area contributed by atoms with E-state index in [0.717, 1.165) is 23.4 Å². The Morgan fingerprint density at radius 3 is 2.55 bits per heavy atom. The largest absolute Gasteiger partial charge is 0.338 e. The van der Waals surface area contributed by atoms with E-state index in [1.165, 1.54) is 12.1 Å². The number of sulfone groups is 1. The lowest BCUT2D eigenvalue weighted by atomic mass is 9.95. The van der Waals surface area contributed by atoms with Gasteiger partial charge in [-0.1, -0.05) is 42.5 Å². The molecule has 0 saturated carbocycles. The van der Waals surface area contributed by atoms with Gasteiger partial charge in [-0.3, -0.25) is 9.59 Å². The molecule has 1 saturated heterocycles. The van der Waals surface area contributed by atoms with Gasteiger partial charge in [0.15, 0.2) is 9.84 Å². The van der Waals surface area contributed by atoms with Crippen LogP contribution in [0.15, 0.2) is 71.6 Å². The Morgan fingerprint density at radius 1 is 1.00 bits per heavy atom. The third kappa shape index (κ3) is 4.61. The van der Waals surface area contributed by atoms with Gasteiger partial charge in [0.05, 0.1) is 10.8 Å². The lowest BCUT2D eigenvalue weighted by Gasteiger charge is -2.32. The first-order valence-electron chi connectivity index (χ1n) is 10.2. The van der Waals surface area contributed by atoms with E-state index in [1.807, 2.05) is 42.5 Å². The highest BCUT2D eigenvalue weighted by atomic mass is 32.2. The van der Waals surface area contributed by atoms with Gasteiger partial charge in [0.1, 0.15) is 0 Å². The first kappa shape index (κ1) is 21.1. The SMILES string of the molecule is CS(=O)(=O)c1cccc(NC(=O)C2CCCN(C(=O)c3cccc4ccccc34)C2)c1. The van der Waals surface area contributed by atoms with Crippen molar-refractivity contribution in [3.63, 3.8) is 0 Å². The Kier molecular flexibility index (Phi) is 5.78. The molecule has 1 aliphatic heterocycles. The van der Waals surface area contributed by atoms with Crippen LogP contribution in [0.3, 0.4) is 0 Å². The van der Waals surface area contributed by atoms with Gasteiger partial charge in [-0.25, -0.2) is 8.42 Å². The van der Waals surface area contributed by atoms with Gasteiger partial charge in [-0.15, -0.1) is 0 Å². The van der Waals surface area contributed by atoms with E-state index in [2.05, 4.69) is 5.32 Å². The smallest absolute Gasteiger partial charge is 0.254 e. The molecule has 6 nitrogen and oxygen atoms in total. The number of hydrogen-bond acceptors (Lipinski definition) is 4. The molecule has 1 unspecified atom stereocenters. The summed E-state index contributed by atoms with van der Waals surface area (Å²) in [7, 11) is -3.36. The number of anilines is 1. The zero-order valence-corrected chi connectivity index (χ0v) is 18.1. The van der Waals surface area contributed by atoms with Crippen LogP contribution in [0.2, 0.25) is 0 Å².